The standard InChI is InChI=1S/C14H14N2O4S2/c1-20-14(17)9-7-11(15)13(12(8-9)16-22(18)19)21-10-5-3-2-4-6-10/h2-8,16H,15H2,1H3,(H,18,19)/p-1. The summed E-state index contributed by atoms with van der Waals surface area (Å²) in [5.41, 5.74) is 6.65. The van der Waals surface area contributed by atoms with E-state index < -0.39 is 17.2 Å². The van der Waals surface area contributed by atoms with Crippen LogP contribution in [0, 0.1) is 0 Å². The summed E-state index contributed by atoms with van der Waals surface area (Å²) >= 11 is -1.24. The monoisotopic (exact) mass is 337 g/mol. The lowest BCUT2D eigenvalue weighted by Gasteiger charge is -2.16. The topological polar surface area (TPSA) is 104 Å². The zero-order valence-electron chi connectivity index (χ0n) is 11.6. The summed E-state index contributed by atoms with van der Waals surface area (Å²) in [5.74, 6) is -0.595. The Kier molecular flexibility index (Phi) is 5.42. The first-order chi connectivity index (χ1) is 10.5. The van der Waals surface area contributed by atoms with Gasteiger partial charge in [0.2, 0.25) is 0 Å². The van der Waals surface area contributed by atoms with Crippen LogP contribution >= 0.6 is 11.8 Å². The van der Waals surface area contributed by atoms with Gasteiger partial charge in [-0.05, 0) is 24.3 Å². The third-order valence-corrected chi connectivity index (χ3v) is 4.25. The Balaban J connectivity index is 2.46. The first kappa shape index (κ1) is 16.3. The average molecular weight is 337 g/mol. The third kappa shape index (κ3) is 4.00. The minimum Gasteiger partial charge on any atom is -0.755 e. The fraction of sp³-hybridized carbons (Fsp3) is 0.0714. The molecule has 0 bridgehead atoms. The fourth-order valence-corrected chi connectivity index (χ4v) is 3.10. The van der Waals surface area contributed by atoms with E-state index in [2.05, 4.69) is 9.46 Å². The van der Waals surface area contributed by atoms with Gasteiger partial charge in [-0.1, -0.05) is 30.0 Å². The predicted octanol–water partition coefficient (Wildman–Crippen LogP) is 2.41. The van der Waals surface area contributed by atoms with Crippen molar-refractivity contribution in [1.82, 2.24) is 0 Å². The van der Waals surface area contributed by atoms with Crippen LogP contribution in [-0.2, 0) is 16.0 Å². The highest BCUT2D eigenvalue weighted by Crippen LogP contribution is 2.39. The van der Waals surface area contributed by atoms with Gasteiger partial charge in [-0.15, -0.1) is 0 Å². The number of carbonyl (C=O) groups is 1. The summed E-state index contributed by atoms with van der Waals surface area (Å²) in [6, 6.07) is 12.2. The van der Waals surface area contributed by atoms with Crippen molar-refractivity contribution in [2.75, 3.05) is 17.6 Å². The number of nitrogens with one attached hydrogen (secondary N) is 1. The van der Waals surface area contributed by atoms with Crippen LogP contribution in [-0.4, -0.2) is 21.8 Å². The van der Waals surface area contributed by atoms with Crippen LogP contribution in [0.4, 0.5) is 11.4 Å². The van der Waals surface area contributed by atoms with Crippen molar-refractivity contribution in [1.29, 1.82) is 0 Å². The number of ether oxygens (including phenoxy) is 1. The number of nitrogens with two attached hydrogens (primary N) is 1. The van der Waals surface area contributed by atoms with E-state index >= 15 is 0 Å². The Morgan fingerprint density at radius 1 is 1.32 bits per heavy atom. The van der Waals surface area contributed by atoms with Gasteiger partial charge in [-0.3, -0.25) is 4.21 Å². The SMILES string of the molecule is COC(=O)c1cc(N)c(Sc2ccccc2)c(NS(=O)[O-])c1. The number of nitrogen functional groups attached to an aromatic ring is 1. The molecule has 0 saturated carbocycles. The van der Waals surface area contributed by atoms with Gasteiger partial charge in [0.15, 0.2) is 0 Å². The number of rotatable bonds is 5. The van der Waals surface area contributed by atoms with Gasteiger partial charge in [0, 0.05) is 21.8 Å². The first-order valence-corrected chi connectivity index (χ1v) is 8.01. The largest absolute Gasteiger partial charge is 0.755 e. The lowest BCUT2D eigenvalue weighted by Crippen LogP contribution is -2.08. The van der Waals surface area contributed by atoms with Gasteiger partial charge < -0.3 is 19.7 Å². The number of benzene rings is 2. The summed E-state index contributed by atoms with van der Waals surface area (Å²) in [7, 11) is 1.24. The van der Waals surface area contributed by atoms with Crippen molar-refractivity contribution in [3.05, 3.63) is 48.0 Å². The third-order valence-electron chi connectivity index (χ3n) is 2.70. The Morgan fingerprint density at radius 2 is 2.00 bits per heavy atom. The van der Waals surface area contributed by atoms with E-state index in [1.165, 1.54) is 31.0 Å². The number of carbonyl (C=O) groups excluding carboxylic acids is 1. The molecule has 2 aromatic carbocycles. The van der Waals surface area contributed by atoms with Gasteiger partial charge in [0.05, 0.1) is 23.3 Å². The molecule has 0 aromatic heterocycles. The van der Waals surface area contributed by atoms with Crippen molar-refractivity contribution in [2.24, 2.45) is 0 Å². The quantitative estimate of drug-likeness (QED) is 0.493. The van der Waals surface area contributed by atoms with E-state index in [1.54, 1.807) is 0 Å². The zero-order chi connectivity index (χ0) is 16.1. The molecule has 0 aliphatic rings. The van der Waals surface area contributed by atoms with Gasteiger partial charge in [0.1, 0.15) is 0 Å². The van der Waals surface area contributed by atoms with Crippen LogP contribution in [0.5, 0.6) is 0 Å². The smallest absolute Gasteiger partial charge is 0.337 e. The Hall–Kier alpha value is -2.03. The van der Waals surface area contributed by atoms with Gasteiger partial charge in [0.25, 0.3) is 0 Å². The van der Waals surface area contributed by atoms with E-state index in [4.69, 9.17) is 5.73 Å². The molecule has 0 saturated heterocycles. The first-order valence-electron chi connectivity index (χ1n) is 6.12. The van der Waals surface area contributed by atoms with E-state index in [0.29, 0.717) is 4.90 Å². The molecule has 0 radical (unpaired) electrons. The molecule has 0 fully saturated rings. The van der Waals surface area contributed by atoms with E-state index in [9.17, 15) is 13.6 Å². The van der Waals surface area contributed by atoms with Gasteiger partial charge in [-0.25, -0.2) is 4.79 Å². The molecule has 0 spiro atoms. The molecule has 0 aliphatic carbocycles. The summed E-state index contributed by atoms with van der Waals surface area (Å²) < 4.78 is 28.8. The Morgan fingerprint density at radius 3 is 2.59 bits per heavy atom. The Bertz CT molecular complexity index is 707. The molecule has 6 nitrogen and oxygen atoms in total. The Labute approximate surface area is 134 Å². The van der Waals surface area contributed by atoms with Crippen LogP contribution < -0.4 is 10.5 Å². The number of hydrogen-bond donors (Lipinski definition) is 2. The van der Waals surface area contributed by atoms with Crippen LogP contribution in [0.3, 0.4) is 0 Å². The number of hydrogen-bond acceptors (Lipinski definition) is 6. The summed E-state index contributed by atoms with van der Waals surface area (Å²) in [6.07, 6.45) is 0. The minimum absolute atomic E-state index is 0.172. The highest BCUT2D eigenvalue weighted by atomic mass is 32.2. The summed E-state index contributed by atoms with van der Waals surface area (Å²) in [4.78, 5) is 13.0. The molecular formula is C14H13N2O4S2-. The lowest BCUT2D eigenvalue weighted by atomic mass is 10.2. The summed E-state index contributed by atoms with van der Waals surface area (Å²) in [5, 5.41) is 0. The molecule has 0 aliphatic heterocycles. The van der Waals surface area contributed by atoms with Crippen LogP contribution in [0.2, 0.25) is 0 Å². The molecule has 1 unspecified atom stereocenters. The maximum absolute atomic E-state index is 11.6. The second-order valence-corrected chi connectivity index (χ2v) is 5.94. The number of methoxy groups -OCH3 is 1. The number of anilines is 2. The van der Waals surface area contributed by atoms with Gasteiger partial charge in [-0.2, -0.15) is 0 Å². The van der Waals surface area contributed by atoms with Crippen LogP contribution in [0.1, 0.15) is 10.4 Å². The minimum atomic E-state index is -2.54. The van der Waals surface area contributed by atoms with Gasteiger partial charge >= 0.3 is 5.97 Å². The van der Waals surface area contributed by atoms with Crippen molar-refractivity contribution in [3.63, 3.8) is 0 Å². The van der Waals surface area contributed by atoms with Crippen LogP contribution in [0.25, 0.3) is 0 Å². The molecule has 0 amide bonds. The van der Waals surface area contributed by atoms with Crippen molar-refractivity contribution >= 4 is 40.4 Å². The highest BCUT2D eigenvalue weighted by molar-refractivity contribution is 7.99. The normalized spacial score (nSPS) is 11.7. The zero-order valence-corrected chi connectivity index (χ0v) is 13.2. The maximum atomic E-state index is 11.6. The molecular weight excluding hydrogens is 324 g/mol. The van der Waals surface area contributed by atoms with Crippen LogP contribution in [0.15, 0.2) is 52.3 Å². The highest BCUT2D eigenvalue weighted by Gasteiger charge is 2.15. The molecule has 3 N–H and O–H groups in total. The molecule has 1 atom stereocenters. The van der Waals surface area contributed by atoms with Crippen molar-refractivity contribution in [3.8, 4) is 0 Å². The lowest BCUT2D eigenvalue weighted by molar-refractivity contribution is 0.0600. The molecule has 116 valence electrons. The predicted molar refractivity (Wildman–Crippen MR) is 85.3 cm³/mol. The van der Waals surface area contributed by atoms with E-state index in [0.717, 1.165) is 4.90 Å². The second-order valence-electron chi connectivity index (χ2n) is 4.19. The average Bonchev–Trinajstić information content (AvgIpc) is 2.50. The molecule has 2 rings (SSSR count). The molecule has 0 heterocycles. The van der Waals surface area contributed by atoms with Crippen molar-refractivity contribution in [2.45, 2.75) is 9.79 Å². The molecule has 22 heavy (non-hydrogen) atoms. The maximum Gasteiger partial charge on any atom is 0.337 e. The second kappa shape index (κ2) is 7.30. The van der Waals surface area contributed by atoms with E-state index in [1.807, 2.05) is 30.3 Å². The molecule has 8 heteroatoms. The fourth-order valence-electron chi connectivity index (χ4n) is 1.77. The molecule has 2 aromatic rings. The van der Waals surface area contributed by atoms with Crippen molar-refractivity contribution < 1.29 is 18.3 Å². The summed E-state index contributed by atoms with van der Waals surface area (Å²) in [6.45, 7) is 0. The van der Waals surface area contributed by atoms with E-state index in [-0.39, 0.29) is 16.9 Å². The number of esters is 1.